The van der Waals surface area contributed by atoms with Crippen molar-refractivity contribution >= 4 is 17.4 Å². The average molecular weight is 254 g/mol. The van der Waals surface area contributed by atoms with Crippen molar-refractivity contribution in [2.45, 2.75) is 20.3 Å². The number of rotatable bonds is 3. The highest BCUT2D eigenvalue weighted by Gasteiger charge is 2.19. The molecule has 0 saturated carbocycles. The Kier molecular flexibility index (Phi) is 3.15. The summed E-state index contributed by atoms with van der Waals surface area (Å²) in [6.07, 6.45) is 2.43. The highest BCUT2D eigenvalue weighted by atomic mass is 35.5. The van der Waals surface area contributed by atoms with Crippen LogP contribution in [-0.2, 0) is 13.5 Å². The summed E-state index contributed by atoms with van der Waals surface area (Å²) in [7, 11) is 1.83. The van der Waals surface area contributed by atoms with E-state index in [0.717, 1.165) is 23.2 Å². The Morgan fingerprint density at radius 2 is 2.24 bits per heavy atom. The fourth-order valence-corrected chi connectivity index (χ4v) is 2.07. The van der Waals surface area contributed by atoms with Crippen molar-refractivity contribution in [3.05, 3.63) is 23.1 Å². The maximum absolute atomic E-state index is 6.03. The molecule has 17 heavy (non-hydrogen) atoms. The molecule has 0 spiro atoms. The zero-order valence-electron chi connectivity index (χ0n) is 10.2. The highest BCUT2D eigenvalue weighted by Crippen LogP contribution is 2.33. The Morgan fingerprint density at radius 1 is 1.53 bits per heavy atom. The van der Waals surface area contributed by atoms with Crippen molar-refractivity contribution in [2.24, 2.45) is 13.0 Å². The second-order valence-corrected chi connectivity index (χ2v) is 4.89. The van der Waals surface area contributed by atoms with Gasteiger partial charge in [-0.25, -0.2) is 0 Å². The predicted molar refractivity (Wildman–Crippen MR) is 68.9 cm³/mol. The molecule has 2 rings (SSSR count). The maximum Gasteiger partial charge on any atom is 0.202 e. The topological polar surface area (TPSA) is 57.0 Å². The fourth-order valence-electron chi connectivity index (χ4n) is 1.87. The van der Waals surface area contributed by atoms with Crippen LogP contribution >= 0.6 is 11.6 Å². The number of furan rings is 1. The van der Waals surface area contributed by atoms with Gasteiger partial charge < -0.3 is 10.2 Å². The van der Waals surface area contributed by atoms with E-state index in [9.17, 15) is 0 Å². The molecule has 0 unspecified atom stereocenters. The molecule has 0 bridgehead atoms. The third-order valence-corrected chi connectivity index (χ3v) is 2.97. The zero-order chi connectivity index (χ0) is 12.6. The first kappa shape index (κ1) is 12.0. The van der Waals surface area contributed by atoms with E-state index >= 15 is 0 Å². The number of nitrogens with two attached hydrogens (primary N) is 1. The van der Waals surface area contributed by atoms with E-state index in [-0.39, 0.29) is 0 Å². The minimum absolute atomic E-state index is 0.355. The number of nitrogen functional groups attached to an aromatic ring is 1. The summed E-state index contributed by atoms with van der Waals surface area (Å²) in [5, 5.41) is 4.77. The van der Waals surface area contributed by atoms with Crippen LogP contribution in [0.1, 0.15) is 19.4 Å². The number of aryl methyl sites for hydroxylation is 1. The molecule has 0 saturated heterocycles. The SMILES string of the molecule is CC(C)Cc1c(-c2ccoc2Cl)nn(C)c1N. The highest BCUT2D eigenvalue weighted by molar-refractivity contribution is 6.31. The molecule has 0 amide bonds. The van der Waals surface area contributed by atoms with Gasteiger partial charge in [0.15, 0.2) is 0 Å². The molecule has 0 aromatic carbocycles. The van der Waals surface area contributed by atoms with E-state index < -0.39 is 0 Å². The summed E-state index contributed by atoms with van der Waals surface area (Å²) >= 11 is 5.99. The van der Waals surface area contributed by atoms with Crippen LogP contribution in [0.3, 0.4) is 0 Å². The lowest BCUT2D eigenvalue weighted by atomic mass is 10.0. The Hall–Kier alpha value is -1.42. The lowest BCUT2D eigenvalue weighted by molar-refractivity contribution is 0.570. The first-order valence-corrected chi connectivity index (χ1v) is 5.93. The maximum atomic E-state index is 6.03. The number of nitrogens with zero attached hydrogens (tertiary/aromatic N) is 2. The summed E-state index contributed by atoms with van der Waals surface area (Å²) in [5.41, 5.74) is 8.69. The molecule has 2 heterocycles. The largest absolute Gasteiger partial charge is 0.452 e. The molecular weight excluding hydrogens is 238 g/mol. The van der Waals surface area contributed by atoms with E-state index in [1.54, 1.807) is 10.9 Å². The first-order chi connectivity index (χ1) is 8.00. The van der Waals surface area contributed by atoms with Crippen molar-refractivity contribution < 1.29 is 4.42 Å². The van der Waals surface area contributed by atoms with Crippen LogP contribution in [0, 0.1) is 5.92 Å². The van der Waals surface area contributed by atoms with Crippen LogP contribution < -0.4 is 5.73 Å². The minimum Gasteiger partial charge on any atom is -0.452 e. The minimum atomic E-state index is 0.355. The van der Waals surface area contributed by atoms with Crippen LogP contribution in [0.15, 0.2) is 16.7 Å². The second-order valence-electron chi connectivity index (χ2n) is 4.54. The smallest absolute Gasteiger partial charge is 0.202 e. The summed E-state index contributed by atoms with van der Waals surface area (Å²) in [5.74, 6) is 1.19. The molecule has 2 aromatic rings. The molecule has 0 aliphatic heterocycles. The first-order valence-electron chi connectivity index (χ1n) is 5.55. The Balaban J connectivity index is 2.54. The summed E-state index contributed by atoms with van der Waals surface area (Å²) in [6, 6.07) is 1.81. The molecule has 2 N–H and O–H groups in total. The van der Waals surface area contributed by atoms with Gasteiger partial charge in [-0.1, -0.05) is 13.8 Å². The van der Waals surface area contributed by atoms with Gasteiger partial charge in [-0.3, -0.25) is 4.68 Å². The van der Waals surface area contributed by atoms with E-state index in [2.05, 4.69) is 18.9 Å². The van der Waals surface area contributed by atoms with E-state index in [1.165, 1.54) is 0 Å². The van der Waals surface area contributed by atoms with Crippen LogP contribution in [0.2, 0.25) is 5.22 Å². The molecule has 0 atom stereocenters. The Labute approximate surface area is 105 Å². The molecular formula is C12H16ClN3O. The van der Waals surface area contributed by atoms with Crippen molar-refractivity contribution in [1.82, 2.24) is 9.78 Å². The number of hydrogen-bond donors (Lipinski definition) is 1. The summed E-state index contributed by atoms with van der Waals surface area (Å²) < 4.78 is 6.78. The van der Waals surface area contributed by atoms with Gasteiger partial charge in [-0.05, 0) is 30.0 Å². The average Bonchev–Trinajstić information content (AvgIpc) is 2.77. The zero-order valence-corrected chi connectivity index (χ0v) is 11.0. The molecule has 0 radical (unpaired) electrons. The van der Waals surface area contributed by atoms with Crippen molar-refractivity contribution in [2.75, 3.05) is 5.73 Å². The molecule has 0 aliphatic rings. The molecule has 4 nitrogen and oxygen atoms in total. The molecule has 5 heteroatoms. The standard InChI is InChI=1S/C12H16ClN3O/c1-7(2)6-9-10(15-16(3)12(9)14)8-4-5-17-11(8)13/h4-5,7H,6,14H2,1-3H3. The normalized spacial score (nSPS) is 11.4. The van der Waals surface area contributed by atoms with Crippen LogP contribution in [0.4, 0.5) is 5.82 Å². The van der Waals surface area contributed by atoms with Crippen molar-refractivity contribution in [1.29, 1.82) is 0 Å². The summed E-state index contributed by atoms with van der Waals surface area (Å²) in [6.45, 7) is 4.29. The molecule has 0 fully saturated rings. The monoisotopic (exact) mass is 253 g/mol. The van der Waals surface area contributed by atoms with Gasteiger partial charge in [-0.2, -0.15) is 5.10 Å². The molecule has 0 aliphatic carbocycles. The fraction of sp³-hybridized carbons (Fsp3) is 0.417. The van der Waals surface area contributed by atoms with Crippen LogP contribution in [0.5, 0.6) is 0 Å². The number of halogens is 1. The van der Waals surface area contributed by atoms with E-state index in [4.69, 9.17) is 21.8 Å². The van der Waals surface area contributed by atoms with Crippen LogP contribution in [-0.4, -0.2) is 9.78 Å². The molecule has 92 valence electrons. The molecule has 2 aromatic heterocycles. The summed E-state index contributed by atoms with van der Waals surface area (Å²) in [4.78, 5) is 0. The van der Waals surface area contributed by atoms with Gasteiger partial charge in [0, 0.05) is 12.6 Å². The number of anilines is 1. The van der Waals surface area contributed by atoms with E-state index in [0.29, 0.717) is 17.0 Å². The second kappa shape index (κ2) is 4.45. The van der Waals surface area contributed by atoms with Gasteiger partial charge in [0.05, 0.1) is 11.8 Å². The van der Waals surface area contributed by atoms with Gasteiger partial charge in [-0.15, -0.1) is 0 Å². The Morgan fingerprint density at radius 3 is 2.76 bits per heavy atom. The quantitative estimate of drug-likeness (QED) is 0.914. The van der Waals surface area contributed by atoms with Gasteiger partial charge in [0.2, 0.25) is 5.22 Å². The lowest BCUT2D eigenvalue weighted by Crippen LogP contribution is -2.02. The van der Waals surface area contributed by atoms with Crippen LogP contribution in [0.25, 0.3) is 11.3 Å². The van der Waals surface area contributed by atoms with E-state index in [1.807, 2.05) is 13.1 Å². The third-order valence-electron chi connectivity index (χ3n) is 2.68. The van der Waals surface area contributed by atoms with Gasteiger partial charge in [0.1, 0.15) is 11.5 Å². The number of aromatic nitrogens is 2. The van der Waals surface area contributed by atoms with Gasteiger partial charge in [0.25, 0.3) is 0 Å². The van der Waals surface area contributed by atoms with Gasteiger partial charge >= 0.3 is 0 Å². The van der Waals surface area contributed by atoms with Crippen molar-refractivity contribution in [3.8, 4) is 11.3 Å². The van der Waals surface area contributed by atoms with Crippen molar-refractivity contribution in [3.63, 3.8) is 0 Å². The third kappa shape index (κ3) is 2.17. The Bertz CT molecular complexity index is 528. The number of hydrogen-bond acceptors (Lipinski definition) is 3. The predicted octanol–water partition coefficient (Wildman–Crippen LogP) is 3.11. The lowest BCUT2D eigenvalue weighted by Gasteiger charge is -2.05.